The summed E-state index contributed by atoms with van der Waals surface area (Å²) in [6.07, 6.45) is -6.77. The highest BCUT2D eigenvalue weighted by Gasteiger charge is 2.51. The standard InChI is InChI=1S/C27H32F6N6O3Si/c1-43(2,3)14-13-42-18-39-22(40)21(27(31,32)33)15-20(36-39)5-4-6-25(7-8-25)23(41)37-9-11-38(12-10-37)24-34-16-19(17-35-24)26(28,29)30/h15-17H,6-14,18H2,1-3H3. The van der Waals surface area contributed by atoms with E-state index in [1.54, 1.807) is 9.80 Å². The molecule has 2 fully saturated rings. The highest BCUT2D eigenvalue weighted by atomic mass is 28.3. The molecule has 0 atom stereocenters. The number of ether oxygens (including phenoxy) is 1. The molecule has 4 rings (SSSR count). The van der Waals surface area contributed by atoms with Crippen LogP contribution in [0.5, 0.6) is 0 Å². The summed E-state index contributed by atoms with van der Waals surface area (Å²) in [6.45, 7) is 7.46. The number of alkyl halides is 6. The molecule has 1 amide bonds. The molecule has 0 unspecified atom stereocenters. The van der Waals surface area contributed by atoms with Gasteiger partial charge in [0.15, 0.2) is 0 Å². The number of halogens is 6. The molecule has 0 N–H and O–H groups in total. The Labute approximate surface area is 245 Å². The fraction of sp³-hybridized carbons (Fsp3) is 0.593. The van der Waals surface area contributed by atoms with Gasteiger partial charge in [0.05, 0.1) is 11.0 Å². The average molecular weight is 631 g/mol. The van der Waals surface area contributed by atoms with Gasteiger partial charge in [0, 0.05) is 59.7 Å². The van der Waals surface area contributed by atoms with Crippen LogP contribution in [0, 0.1) is 17.3 Å². The normalized spacial score (nSPS) is 17.0. The monoisotopic (exact) mass is 630 g/mol. The molecule has 43 heavy (non-hydrogen) atoms. The summed E-state index contributed by atoms with van der Waals surface area (Å²) in [5.74, 6) is 5.38. The first-order valence-corrected chi connectivity index (χ1v) is 17.4. The number of anilines is 1. The van der Waals surface area contributed by atoms with Gasteiger partial charge in [0.2, 0.25) is 11.9 Å². The van der Waals surface area contributed by atoms with Crippen molar-refractivity contribution in [2.75, 3.05) is 37.7 Å². The Kier molecular flexibility index (Phi) is 9.26. The van der Waals surface area contributed by atoms with E-state index in [1.165, 1.54) is 0 Å². The number of piperazine rings is 1. The number of rotatable bonds is 8. The van der Waals surface area contributed by atoms with Gasteiger partial charge in [0.25, 0.3) is 5.56 Å². The van der Waals surface area contributed by atoms with Crippen LogP contribution in [0.15, 0.2) is 23.3 Å². The molecule has 0 bridgehead atoms. The second-order valence-corrected chi connectivity index (χ2v) is 17.5. The number of hydrogen-bond acceptors (Lipinski definition) is 7. The van der Waals surface area contributed by atoms with Crippen molar-refractivity contribution in [2.45, 2.75) is 64.0 Å². The molecule has 2 aromatic rings. The Bertz CT molecular complexity index is 1430. The van der Waals surface area contributed by atoms with Gasteiger partial charge in [-0.25, -0.2) is 14.6 Å². The van der Waals surface area contributed by atoms with Crippen LogP contribution in [0.2, 0.25) is 25.7 Å². The molecule has 3 heterocycles. The second kappa shape index (κ2) is 12.3. The van der Waals surface area contributed by atoms with E-state index in [9.17, 15) is 35.9 Å². The lowest BCUT2D eigenvalue weighted by molar-refractivity contribution is -0.139. The minimum Gasteiger partial charge on any atom is -0.359 e. The predicted octanol–water partition coefficient (Wildman–Crippen LogP) is 4.25. The molecular weight excluding hydrogens is 598 g/mol. The average Bonchev–Trinajstić information content (AvgIpc) is 3.71. The summed E-state index contributed by atoms with van der Waals surface area (Å²) in [7, 11) is -1.45. The first-order chi connectivity index (χ1) is 20.0. The fourth-order valence-electron chi connectivity index (χ4n) is 4.42. The largest absolute Gasteiger partial charge is 0.421 e. The predicted molar refractivity (Wildman–Crippen MR) is 147 cm³/mol. The van der Waals surface area contributed by atoms with Crippen molar-refractivity contribution in [1.29, 1.82) is 0 Å². The van der Waals surface area contributed by atoms with E-state index in [0.29, 0.717) is 49.8 Å². The van der Waals surface area contributed by atoms with Crippen molar-refractivity contribution in [2.24, 2.45) is 5.41 Å². The number of carbonyl (C=O) groups excluding carboxylic acids is 1. The molecule has 0 aromatic carbocycles. The Hall–Kier alpha value is -3.45. The van der Waals surface area contributed by atoms with Crippen molar-refractivity contribution in [3.05, 3.63) is 45.6 Å². The van der Waals surface area contributed by atoms with Gasteiger partial charge >= 0.3 is 12.4 Å². The molecular formula is C27H32F6N6O3Si. The van der Waals surface area contributed by atoms with Gasteiger partial charge in [-0.1, -0.05) is 25.6 Å². The third kappa shape index (κ3) is 8.35. The van der Waals surface area contributed by atoms with Crippen LogP contribution < -0.4 is 10.5 Å². The summed E-state index contributed by atoms with van der Waals surface area (Å²) in [4.78, 5) is 36.6. The smallest absolute Gasteiger partial charge is 0.359 e. The van der Waals surface area contributed by atoms with E-state index in [2.05, 4.69) is 46.5 Å². The molecule has 9 nitrogen and oxygen atoms in total. The van der Waals surface area contributed by atoms with Gasteiger partial charge in [-0.3, -0.25) is 9.59 Å². The van der Waals surface area contributed by atoms with Crippen molar-refractivity contribution in [3.63, 3.8) is 0 Å². The maximum absolute atomic E-state index is 13.6. The molecule has 0 radical (unpaired) electrons. The Morgan fingerprint density at radius 1 is 1.02 bits per heavy atom. The lowest BCUT2D eigenvalue weighted by atomic mass is 10.00. The second-order valence-electron chi connectivity index (χ2n) is 11.9. The molecule has 1 saturated carbocycles. The van der Waals surface area contributed by atoms with Crippen LogP contribution >= 0.6 is 0 Å². The molecule has 0 spiro atoms. The topological polar surface area (TPSA) is 93.5 Å². The fourth-order valence-corrected chi connectivity index (χ4v) is 5.18. The molecule has 2 aliphatic rings. The minimum absolute atomic E-state index is 0.100. The number of carbonyl (C=O) groups is 1. The van der Waals surface area contributed by atoms with Crippen LogP contribution in [0.25, 0.3) is 0 Å². The molecule has 234 valence electrons. The van der Waals surface area contributed by atoms with Gasteiger partial charge in [-0.2, -0.15) is 31.4 Å². The van der Waals surface area contributed by atoms with E-state index >= 15 is 0 Å². The van der Waals surface area contributed by atoms with E-state index in [4.69, 9.17) is 4.74 Å². The van der Waals surface area contributed by atoms with E-state index in [1.807, 2.05) is 0 Å². The number of aromatic nitrogens is 4. The van der Waals surface area contributed by atoms with E-state index < -0.39 is 49.3 Å². The lowest BCUT2D eigenvalue weighted by Gasteiger charge is -2.36. The zero-order valence-corrected chi connectivity index (χ0v) is 25.0. The van der Waals surface area contributed by atoms with Crippen LogP contribution in [0.4, 0.5) is 32.3 Å². The third-order valence-corrected chi connectivity index (χ3v) is 8.96. The van der Waals surface area contributed by atoms with Crippen LogP contribution in [0.1, 0.15) is 36.1 Å². The number of amides is 1. The first-order valence-electron chi connectivity index (χ1n) is 13.7. The maximum Gasteiger partial charge on any atom is 0.421 e. The van der Waals surface area contributed by atoms with Crippen molar-refractivity contribution < 1.29 is 35.9 Å². The molecule has 16 heteroatoms. The van der Waals surface area contributed by atoms with Crippen molar-refractivity contribution in [1.82, 2.24) is 24.6 Å². The van der Waals surface area contributed by atoms with Gasteiger partial charge in [-0.05, 0) is 30.9 Å². The molecule has 1 saturated heterocycles. The number of hydrogen-bond donors (Lipinski definition) is 0. The highest BCUT2D eigenvalue weighted by Crippen LogP contribution is 2.50. The van der Waals surface area contributed by atoms with Crippen molar-refractivity contribution in [3.8, 4) is 11.8 Å². The molecule has 1 aliphatic heterocycles. The van der Waals surface area contributed by atoms with Gasteiger partial charge in [0.1, 0.15) is 18.0 Å². The zero-order chi connectivity index (χ0) is 31.6. The summed E-state index contributed by atoms with van der Waals surface area (Å²) >= 11 is 0. The van der Waals surface area contributed by atoms with E-state index in [0.717, 1.165) is 18.4 Å². The first kappa shape index (κ1) is 32.5. The van der Waals surface area contributed by atoms with Crippen molar-refractivity contribution >= 4 is 19.9 Å². The SMILES string of the molecule is C[Si](C)(C)CCOCn1nc(C#CCC2(C(=O)N3CCN(c4ncc(C(F)(F)F)cn4)CC3)CC2)cc(C(F)(F)F)c1=O. The minimum atomic E-state index is -4.90. The highest BCUT2D eigenvalue weighted by molar-refractivity contribution is 6.76. The Morgan fingerprint density at radius 2 is 1.65 bits per heavy atom. The maximum atomic E-state index is 13.6. The van der Waals surface area contributed by atoms with Crippen LogP contribution in [-0.2, 0) is 28.6 Å². The summed E-state index contributed by atoms with van der Waals surface area (Å²) in [6, 6.07) is 1.37. The van der Waals surface area contributed by atoms with Gasteiger partial charge in [-0.15, -0.1) is 0 Å². The Balaban J connectivity index is 1.39. The van der Waals surface area contributed by atoms with E-state index in [-0.39, 0.29) is 30.6 Å². The number of nitrogens with zero attached hydrogens (tertiary/aromatic N) is 6. The molecule has 2 aromatic heterocycles. The van der Waals surface area contributed by atoms with Gasteiger partial charge < -0.3 is 14.5 Å². The zero-order valence-electron chi connectivity index (χ0n) is 24.0. The van der Waals surface area contributed by atoms with Crippen LogP contribution in [0.3, 0.4) is 0 Å². The third-order valence-electron chi connectivity index (χ3n) is 7.26. The van der Waals surface area contributed by atoms with Crippen LogP contribution in [-0.4, -0.2) is 71.4 Å². The quantitative estimate of drug-likeness (QED) is 0.186. The lowest BCUT2D eigenvalue weighted by Crippen LogP contribution is -2.51. The Morgan fingerprint density at radius 3 is 2.19 bits per heavy atom. The summed E-state index contributed by atoms with van der Waals surface area (Å²) in [5.41, 5.74) is -4.68. The summed E-state index contributed by atoms with van der Waals surface area (Å²) in [5, 5.41) is 3.95. The molecule has 1 aliphatic carbocycles. The summed E-state index contributed by atoms with van der Waals surface area (Å²) < 4.78 is 85.1.